The molecule has 5 rings (SSSR count). The molecule has 1 saturated heterocycles. The van der Waals surface area contributed by atoms with Gasteiger partial charge in [-0.25, -0.2) is 0 Å². The monoisotopic (exact) mass is 432 g/mol. The van der Waals surface area contributed by atoms with Crippen molar-refractivity contribution in [2.75, 3.05) is 6.61 Å². The SMILES string of the molecule is CC(C)(C)[Si](C)(C)O[C@@]12CC[C@]3(C)[C@H]4CCC5(CO5)C(C=O)[C@]4(C)CC[C@H]3[C@]1(C)C2. The molecule has 3 nitrogen and oxygen atoms in total. The van der Waals surface area contributed by atoms with Gasteiger partial charge in [-0.1, -0.05) is 41.5 Å². The Morgan fingerprint density at radius 2 is 1.60 bits per heavy atom. The maximum atomic E-state index is 12.3. The van der Waals surface area contributed by atoms with Crippen LogP contribution < -0.4 is 0 Å². The number of hydrogen-bond acceptors (Lipinski definition) is 3. The lowest BCUT2D eigenvalue weighted by Crippen LogP contribution is -2.62. The van der Waals surface area contributed by atoms with Gasteiger partial charge in [0.25, 0.3) is 0 Å². The van der Waals surface area contributed by atoms with Crippen molar-refractivity contribution in [3.05, 3.63) is 0 Å². The van der Waals surface area contributed by atoms with Crippen molar-refractivity contribution in [2.45, 2.75) is 116 Å². The van der Waals surface area contributed by atoms with Gasteiger partial charge < -0.3 is 14.0 Å². The third-order valence-electron chi connectivity index (χ3n) is 11.8. The van der Waals surface area contributed by atoms with E-state index in [1.54, 1.807) is 0 Å². The minimum Gasteiger partial charge on any atom is -0.411 e. The van der Waals surface area contributed by atoms with Crippen molar-refractivity contribution >= 4 is 14.6 Å². The molecule has 1 heterocycles. The number of carbonyl (C=O) groups excluding carboxylic acids is 1. The third-order valence-corrected chi connectivity index (χ3v) is 16.3. The minimum atomic E-state index is -1.79. The third kappa shape index (κ3) is 2.48. The molecule has 0 aromatic rings. The summed E-state index contributed by atoms with van der Waals surface area (Å²) in [6, 6.07) is 0. The molecule has 0 N–H and O–H groups in total. The molecule has 4 aliphatic carbocycles. The summed E-state index contributed by atoms with van der Waals surface area (Å²) in [5, 5.41) is 0.260. The van der Waals surface area contributed by atoms with Crippen LogP contribution in [-0.2, 0) is 14.0 Å². The fourth-order valence-corrected chi connectivity index (χ4v) is 10.6. The predicted molar refractivity (Wildman–Crippen MR) is 123 cm³/mol. The van der Waals surface area contributed by atoms with E-state index in [0.717, 1.165) is 18.9 Å². The van der Waals surface area contributed by atoms with E-state index >= 15 is 0 Å². The van der Waals surface area contributed by atoms with Crippen LogP contribution >= 0.6 is 0 Å². The maximum absolute atomic E-state index is 12.3. The molecule has 4 saturated carbocycles. The lowest BCUT2D eigenvalue weighted by atomic mass is 9.40. The first-order valence-electron chi connectivity index (χ1n) is 12.5. The number of hydrogen-bond donors (Lipinski definition) is 0. The summed E-state index contributed by atoms with van der Waals surface area (Å²) in [6.45, 7) is 20.3. The summed E-state index contributed by atoms with van der Waals surface area (Å²) in [4.78, 5) is 12.3. The van der Waals surface area contributed by atoms with E-state index in [9.17, 15) is 4.79 Å². The molecule has 8 atom stereocenters. The average Bonchev–Trinajstić information content (AvgIpc) is 3.49. The Hall–Kier alpha value is -0.193. The zero-order valence-corrected chi connectivity index (χ0v) is 21.7. The first kappa shape index (κ1) is 21.6. The van der Waals surface area contributed by atoms with Gasteiger partial charge in [0, 0.05) is 5.41 Å². The minimum absolute atomic E-state index is 0.0868. The van der Waals surface area contributed by atoms with Crippen LogP contribution in [0.4, 0.5) is 0 Å². The molecule has 1 spiro atoms. The van der Waals surface area contributed by atoms with Crippen LogP contribution in [0.15, 0.2) is 0 Å². The summed E-state index contributed by atoms with van der Waals surface area (Å²) in [6.07, 6.45) is 9.75. The molecular formula is C26H44O3Si. The average molecular weight is 433 g/mol. The Morgan fingerprint density at radius 1 is 0.967 bits per heavy atom. The highest BCUT2D eigenvalue weighted by Crippen LogP contribution is 2.80. The number of aldehydes is 1. The summed E-state index contributed by atoms with van der Waals surface area (Å²) in [7, 11) is -1.79. The van der Waals surface area contributed by atoms with Gasteiger partial charge in [0.2, 0.25) is 0 Å². The van der Waals surface area contributed by atoms with Gasteiger partial charge in [-0.3, -0.25) is 0 Å². The van der Waals surface area contributed by atoms with Crippen LogP contribution in [0, 0.1) is 34.0 Å². The topological polar surface area (TPSA) is 38.8 Å². The zero-order chi connectivity index (χ0) is 22.0. The lowest BCUT2D eigenvalue weighted by molar-refractivity contribution is -0.176. The number of carbonyl (C=O) groups is 1. The second-order valence-corrected chi connectivity index (χ2v) is 18.8. The first-order valence-corrected chi connectivity index (χ1v) is 15.4. The zero-order valence-electron chi connectivity index (χ0n) is 20.7. The Balaban J connectivity index is 1.45. The standard InChI is InChI=1S/C26H44O3Si/c1-21(2,3)30(7,8)29-26-14-13-23(5)18-10-12-25(17-28-25)20(15-27)22(18,4)11-9-19(23)24(26,6)16-26/h15,18-20H,9-14,16-17H2,1-8H3/t18-,19+,20?,22+,23+,24-,25?,26+/m0/s1. The maximum Gasteiger partial charge on any atom is 0.192 e. The second kappa shape index (κ2) is 5.83. The highest BCUT2D eigenvalue weighted by Gasteiger charge is 2.78. The van der Waals surface area contributed by atoms with Crippen molar-refractivity contribution in [3.63, 3.8) is 0 Å². The van der Waals surface area contributed by atoms with Crippen molar-refractivity contribution in [1.29, 1.82) is 0 Å². The largest absolute Gasteiger partial charge is 0.411 e. The molecule has 170 valence electrons. The number of fused-ring (bicyclic) bond motifs is 5. The van der Waals surface area contributed by atoms with Crippen LogP contribution in [-0.4, -0.2) is 32.4 Å². The first-order chi connectivity index (χ1) is 13.7. The van der Waals surface area contributed by atoms with Crippen LogP contribution in [0.25, 0.3) is 0 Å². The van der Waals surface area contributed by atoms with E-state index in [-0.39, 0.29) is 27.6 Å². The van der Waals surface area contributed by atoms with Crippen molar-refractivity contribution in [1.82, 2.24) is 0 Å². The van der Waals surface area contributed by atoms with Crippen molar-refractivity contribution in [2.24, 2.45) is 34.0 Å². The summed E-state index contributed by atoms with van der Waals surface area (Å²) < 4.78 is 13.1. The molecule has 5 fully saturated rings. The van der Waals surface area contributed by atoms with E-state index in [4.69, 9.17) is 9.16 Å². The molecule has 0 bridgehead atoms. The highest BCUT2D eigenvalue weighted by molar-refractivity contribution is 6.74. The quantitative estimate of drug-likeness (QED) is 0.295. The fourth-order valence-electron chi connectivity index (χ4n) is 8.90. The van der Waals surface area contributed by atoms with Crippen LogP contribution in [0.5, 0.6) is 0 Å². The molecule has 0 radical (unpaired) electrons. The Bertz CT molecular complexity index is 767. The molecule has 0 amide bonds. The Morgan fingerprint density at radius 3 is 2.17 bits per heavy atom. The van der Waals surface area contributed by atoms with Gasteiger partial charge in [-0.15, -0.1) is 0 Å². The van der Waals surface area contributed by atoms with Crippen LogP contribution in [0.3, 0.4) is 0 Å². The second-order valence-electron chi connectivity index (χ2n) is 14.1. The van der Waals surface area contributed by atoms with Gasteiger partial charge in [0.05, 0.1) is 18.1 Å². The van der Waals surface area contributed by atoms with Crippen molar-refractivity contribution < 1.29 is 14.0 Å². The lowest BCUT2D eigenvalue weighted by Gasteiger charge is -2.64. The molecule has 5 aliphatic rings. The van der Waals surface area contributed by atoms with E-state index in [1.807, 2.05) is 0 Å². The van der Waals surface area contributed by atoms with Crippen LogP contribution in [0.1, 0.15) is 86.5 Å². The van der Waals surface area contributed by atoms with Crippen molar-refractivity contribution in [3.8, 4) is 0 Å². The predicted octanol–water partition coefficient (Wildman–Crippen LogP) is 6.37. The molecule has 0 aromatic heterocycles. The van der Waals surface area contributed by atoms with E-state index in [2.05, 4.69) is 54.6 Å². The molecule has 2 unspecified atom stereocenters. The molecular weight excluding hydrogens is 388 g/mol. The van der Waals surface area contributed by atoms with E-state index in [1.165, 1.54) is 44.8 Å². The van der Waals surface area contributed by atoms with Gasteiger partial charge in [0.15, 0.2) is 8.32 Å². The Kier molecular flexibility index (Phi) is 4.21. The van der Waals surface area contributed by atoms with Gasteiger partial charge in [-0.05, 0) is 85.7 Å². The van der Waals surface area contributed by atoms with E-state index < -0.39 is 8.32 Å². The molecule has 4 heteroatoms. The summed E-state index contributed by atoms with van der Waals surface area (Å²) in [5.41, 5.74) is 0.763. The Labute approximate surface area is 185 Å². The fraction of sp³-hybridized carbons (Fsp3) is 0.962. The number of rotatable bonds is 3. The smallest absolute Gasteiger partial charge is 0.192 e. The van der Waals surface area contributed by atoms with Gasteiger partial charge >= 0.3 is 0 Å². The molecule has 0 aromatic carbocycles. The number of ether oxygens (including phenoxy) is 1. The van der Waals surface area contributed by atoms with Gasteiger partial charge in [0.1, 0.15) is 11.9 Å². The van der Waals surface area contributed by atoms with Crippen LogP contribution in [0.2, 0.25) is 18.1 Å². The molecule has 30 heavy (non-hydrogen) atoms. The highest BCUT2D eigenvalue weighted by atomic mass is 28.4. The summed E-state index contributed by atoms with van der Waals surface area (Å²) >= 11 is 0. The number of epoxide rings is 1. The normalized spacial score (nSPS) is 54.7. The summed E-state index contributed by atoms with van der Waals surface area (Å²) in [5.74, 6) is 1.45. The van der Waals surface area contributed by atoms with E-state index in [0.29, 0.717) is 16.7 Å². The van der Waals surface area contributed by atoms with Gasteiger partial charge in [-0.2, -0.15) is 0 Å². The molecule has 1 aliphatic heterocycles.